The monoisotopic (exact) mass is 352 g/mol. The van der Waals surface area contributed by atoms with Gasteiger partial charge in [-0.1, -0.05) is 18.5 Å². The highest BCUT2D eigenvalue weighted by Crippen LogP contribution is 2.32. The zero-order chi connectivity index (χ0) is 15.0. The molecule has 1 amide bonds. The Morgan fingerprint density at radius 3 is 2.90 bits per heavy atom. The van der Waals surface area contributed by atoms with E-state index in [0.717, 1.165) is 42.6 Å². The minimum absolute atomic E-state index is 0.0712. The molecule has 0 aliphatic carbocycles. The van der Waals surface area contributed by atoms with Crippen LogP contribution in [-0.2, 0) is 6.54 Å². The van der Waals surface area contributed by atoms with Gasteiger partial charge in [-0.25, -0.2) is 0 Å². The summed E-state index contributed by atoms with van der Waals surface area (Å²) in [7, 11) is 0. The van der Waals surface area contributed by atoms with Gasteiger partial charge in [-0.2, -0.15) is 4.98 Å². The SMILES string of the molecule is CCCCN1CCn2c(cc(Br)c2-c2noc(C)n2)C1=O. The van der Waals surface area contributed by atoms with Crippen LogP contribution in [0.1, 0.15) is 36.1 Å². The van der Waals surface area contributed by atoms with Crippen molar-refractivity contribution in [3.05, 3.63) is 22.1 Å². The predicted octanol–water partition coefficient (Wildman–Crippen LogP) is 2.86. The molecule has 6 nitrogen and oxygen atoms in total. The van der Waals surface area contributed by atoms with E-state index in [4.69, 9.17) is 4.52 Å². The van der Waals surface area contributed by atoms with E-state index >= 15 is 0 Å². The number of aromatic nitrogens is 3. The summed E-state index contributed by atoms with van der Waals surface area (Å²) in [5, 5.41) is 3.96. The van der Waals surface area contributed by atoms with Crippen molar-refractivity contribution in [1.82, 2.24) is 19.6 Å². The lowest BCUT2D eigenvalue weighted by Gasteiger charge is -2.28. The normalized spacial score (nSPS) is 14.6. The number of nitrogens with zero attached hydrogens (tertiary/aromatic N) is 4. The van der Waals surface area contributed by atoms with Crippen LogP contribution in [0.5, 0.6) is 0 Å². The molecule has 0 unspecified atom stereocenters. The molecular weight excluding hydrogens is 336 g/mol. The third-order valence-electron chi connectivity index (χ3n) is 3.67. The minimum atomic E-state index is 0.0712. The number of carbonyl (C=O) groups is 1. The summed E-state index contributed by atoms with van der Waals surface area (Å²) < 4.78 is 7.84. The first-order valence-corrected chi connectivity index (χ1v) is 7.90. The van der Waals surface area contributed by atoms with Gasteiger partial charge in [0.2, 0.25) is 11.7 Å². The van der Waals surface area contributed by atoms with Gasteiger partial charge in [-0.05, 0) is 28.4 Å². The molecule has 0 radical (unpaired) electrons. The van der Waals surface area contributed by atoms with Crippen LogP contribution in [0.25, 0.3) is 11.5 Å². The van der Waals surface area contributed by atoms with Crippen molar-refractivity contribution >= 4 is 21.8 Å². The van der Waals surface area contributed by atoms with Gasteiger partial charge in [0.05, 0.1) is 0 Å². The lowest BCUT2D eigenvalue weighted by atomic mass is 10.2. The van der Waals surface area contributed by atoms with Gasteiger partial charge in [0, 0.05) is 31.0 Å². The Morgan fingerprint density at radius 1 is 1.43 bits per heavy atom. The molecule has 3 rings (SSSR count). The molecule has 3 heterocycles. The van der Waals surface area contributed by atoms with E-state index in [2.05, 4.69) is 33.0 Å². The zero-order valence-electron chi connectivity index (χ0n) is 12.1. The van der Waals surface area contributed by atoms with Gasteiger partial charge in [0.15, 0.2) is 0 Å². The summed E-state index contributed by atoms with van der Waals surface area (Å²) in [5.74, 6) is 1.10. The molecule has 0 saturated heterocycles. The van der Waals surface area contributed by atoms with E-state index in [0.29, 0.717) is 17.4 Å². The first-order chi connectivity index (χ1) is 10.1. The smallest absolute Gasteiger partial charge is 0.270 e. The van der Waals surface area contributed by atoms with Crippen LogP contribution < -0.4 is 0 Å². The maximum atomic E-state index is 12.5. The van der Waals surface area contributed by atoms with Crippen LogP contribution in [0.2, 0.25) is 0 Å². The van der Waals surface area contributed by atoms with Crippen molar-refractivity contribution in [1.29, 1.82) is 0 Å². The number of aryl methyl sites for hydroxylation is 1. The van der Waals surface area contributed by atoms with Crippen LogP contribution >= 0.6 is 15.9 Å². The minimum Gasteiger partial charge on any atom is -0.339 e. The molecule has 0 atom stereocenters. The third-order valence-corrected chi connectivity index (χ3v) is 4.28. The Balaban J connectivity index is 1.96. The van der Waals surface area contributed by atoms with Crippen LogP contribution in [0, 0.1) is 6.92 Å². The summed E-state index contributed by atoms with van der Waals surface area (Å²) in [6.07, 6.45) is 2.12. The van der Waals surface area contributed by atoms with E-state index in [1.54, 1.807) is 6.92 Å². The molecule has 0 aromatic carbocycles. The summed E-state index contributed by atoms with van der Waals surface area (Å²) in [6, 6.07) is 1.85. The van der Waals surface area contributed by atoms with Crippen molar-refractivity contribution in [3.8, 4) is 11.5 Å². The largest absolute Gasteiger partial charge is 0.339 e. The van der Waals surface area contributed by atoms with Crippen molar-refractivity contribution in [2.75, 3.05) is 13.1 Å². The molecule has 1 aliphatic heterocycles. The highest BCUT2D eigenvalue weighted by Gasteiger charge is 2.29. The molecule has 2 aromatic heterocycles. The Labute approximate surface area is 131 Å². The molecule has 112 valence electrons. The predicted molar refractivity (Wildman–Crippen MR) is 81.0 cm³/mol. The second-order valence-electron chi connectivity index (χ2n) is 5.16. The second kappa shape index (κ2) is 5.63. The van der Waals surface area contributed by atoms with Gasteiger partial charge in [-0.15, -0.1) is 0 Å². The van der Waals surface area contributed by atoms with E-state index < -0.39 is 0 Å². The number of amides is 1. The summed E-state index contributed by atoms with van der Waals surface area (Å²) >= 11 is 3.51. The maximum absolute atomic E-state index is 12.5. The summed E-state index contributed by atoms with van der Waals surface area (Å²) in [5.41, 5.74) is 1.49. The van der Waals surface area contributed by atoms with Crippen molar-refractivity contribution < 1.29 is 9.32 Å². The van der Waals surface area contributed by atoms with Gasteiger partial charge < -0.3 is 14.0 Å². The van der Waals surface area contributed by atoms with Crippen LogP contribution in [0.15, 0.2) is 15.1 Å². The van der Waals surface area contributed by atoms with Crippen LogP contribution in [0.4, 0.5) is 0 Å². The quantitative estimate of drug-likeness (QED) is 0.848. The number of fused-ring (bicyclic) bond motifs is 1. The maximum Gasteiger partial charge on any atom is 0.270 e. The molecule has 0 spiro atoms. The van der Waals surface area contributed by atoms with Gasteiger partial charge in [-0.3, -0.25) is 4.79 Å². The second-order valence-corrected chi connectivity index (χ2v) is 6.01. The number of rotatable bonds is 4. The highest BCUT2D eigenvalue weighted by molar-refractivity contribution is 9.10. The van der Waals surface area contributed by atoms with E-state index in [-0.39, 0.29) is 5.91 Å². The molecule has 1 aliphatic rings. The third kappa shape index (κ3) is 2.50. The van der Waals surface area contributed by atoms with Crippen molar-refractivity contribution in [3.63, 3.8) is 0 Å². The molecule has 21 heavy (non-hydrogen) atoms. The lowest BCUT2D eigenvalue weighted by Crippen LogP contribution is -2.40. The lowest BCUT2D eigenvalue weighted by molar-refractivity contribution is 0.0703. The number of hydrogen-bond acceptors (Lipinski definition) is 4. The van der Waals surface area contributed by atoms with Crippen molar-refractivity contribution in [2.24, 2.45) is 0 Å². The molecule has 2 aromatic rings. The average molecular weight is 353 g/mol. The first kappa shape index (κ1) is 14.3. The molecule has 0 saturated carbocycles. The van der Waals surface area contributed by atoms with Gasteiger partial charge >= 0.3 is 0 Å². The number of hydrogen-bond donors (Lipinski definition) is 0. The summed E-state index contributed by atoms with van der Waals surface area (Å²) in [6.45, 7) is 6.16. The van der Waals surface area contributed by atoms with Crippen molar-refractivity contribution in [2.45, 2.75) is 33.2 Å². The molecule has 0 bridgehead atoms. The Bertz CT molecular complexity index is 677. The average Bonchev–Trinajstić information content (AvgIpc) is 3.01. The Kier molecular flexibility index (Phi) is 3.84. The molecule has 7 heteroatoms. The Hall–Kier alpha value is -1.63. The van der Waals surface area contributed by atoms with E-state index in [1.807, 2.05) is 15.5 Å². The standard InChI is InChI=1S/C14H17BrN4O2/c1-3-4-5-18-6-7-19-11(14(18)20)8-10(15)12(19)13-16-9(2)21-17-13/h8H,3-7H2,1-2H3. The van der Waals surface area contributed by atoms with E-state index in [9.17, 15) is 4.79 Å². The molecule has 0 fully saturated rings. The topological polar surface area (TPSA) is 64.2 Å². The number of carbonyl (C=O) groups excluding carboxylic acids is 1. The van der Waals surface area contributed by atoms with E-state index in [1.165, 1.54) is 0 Å². The molecule has 0 N–H and O–H groups in total. The van der Waals surface area contributed by atoms with Crippen LogP contribution in [-0.4, -0.2) is 38.6 Å². The zero-order valence-corrected chi connectivity index (χ0v) is 13.7. The Morgan fingerprint density at radius 2 is 2.24 bits per heavy atom. The van der Waals surface area contributed by atoms with Gasteiger partial charge in [0.25, 0.3) is 5.91 Å². The fourth-order valence-electron chi connectivity index (χ4n) is 2.59. The van der Waals surface area contributed by atoms with Gasteiger partial charge in [0.1, 0.15) is 11.4 Å². The fraction of sp³-hybridized carbons (Fsp3) is 0.500. The highest BCUT2D eigenvalue weighted by atomic mass is 79.9. The van der Waals surface area contributed by atoms with Crippen LogP contribution in [0.3, 0.4) is 0 Å². The fourth-order valence-corrected chi connectivity index (χ4v) is 3.20. The number of unbranched alkanes of at least 4 members (excludes halogenated alkanes) is 1. The molecular formula is C14H17BrN4O2. The number of halogens is 1. The summed E-state index contributed by atoms with van der Waals surface area (Å²) in [4.78, 5) is 18.7. The first-order valence-electron chi connectivity index (χ1n) is 7.10.